The molecule has 0 saturated carbocycles. The topological polar surface area (TPSA) is 35.5 Å². The van der Waals surface area contributed by atoms with Crippen molar-refractivity contribution in [2.24, 2.45) is 11.8 Å². The fourth-order valence-electron chi connectivity index (χ4n) is 3.04. The van der Waals surface area contributed by atoms with E-state index in [9.17, 15) is 4.79 Å². The van der Waals surface area contributed by atoms with Gasteiger partial charge in [-0.05, 0) is 37.1 Å². The second-order valence-corrected chi connectivity index (χ2v) is 7.77. The van der Waals surface area contributed by atoms with Gasteiger partial charge in [-0.2, -0.15) is 0 Å². The van der Waals surface area contributed by atoms with E-state index in [2.05, 4.69) is 32.9 Å². The van der Waals surface area contributed by atoms with E-state index in [4.69, 9.17) is 9.47 Å². The molecule has 0 bridgehead atoms. The summed E-state index contributed by atoms with van der Waals surface area (Å²) in [5, 5.41) is 0. The van der Waals surface area contributed by atoms with E-state index >= 15 is 0 Å². The van der Waals surface area contributed by atoms with Crippen LogP contribution in [-0.2, 0) is 9.47 Å². The molecule has 0 aliphatic carbocycles. The Hall–Kier alpha value is -1.78. The molecule has 4 heteroatoms. The predicted octanol–water partition coefficient (Wildman–Crippen LogP) is 5.02. The summed E-state index contributed by atoms with van der Waals surface area (Å²) in [5.41, 5.74) is 0.362. The van der Waals surface area contributed by atoms with Crippen molar-refractivity contribution < 1.29 is 14.3 Å². The van der Waals surface area contributed by atoms with E-state index in [-0.39, 0.29) is 29.5 Å². The molecule has 0 radical (unpaired) electrons. The van der Waals surface area contributed by atoms with Crippen LogP contribution in [0.3, 0.4) is 0 Å². The van der Waals surface area contributed by atoms with Crippen LogP contribution < -0.4 is 0 Å². The molecule has 1 aliphatic heterocycles. The van der Waals surface area contributed by atoms with Crippen LogP contribution in [0.25, 0.3) is 0 Å². The van der Waals surface area contributed by atoms with Crippen molar-refractivity contribution in [1.29, 1.82) is 0 Å². The minimum Gasteiger partial charge on any atom is -0.455 e. The third-order valence-electron chi connectivity index (χ3n) is 4.95. The molecule has 1 heterocycles. The highest BCUT2D eigenvalue weighted by Crippen LogP contribution is 2.40. The van der Waals surface area contributed by atoms with Gasteiger partial charge in [0, 0.05) is 10.8 Å². The van der Waals surface area contributed by atoms with Gasteiger partial charge in [0.25, 0.3) is 0 Å². The van der Waals surface area contributed by atoms with Gasteiger partial charge in [0.05, 0.1) is 11.7 Å². The van der Waals surface area contributed by atoms with Crippen molar-refractivity contribution in [3.63, 3.8) is 0 Å². The van der Waals surface area contributed by atoms with Crippen molar-refractivity contribution in [3.05, 3.63) is 66.2 Å². The molecule has 3 rings (SSSR count). The molecule has 0 spiro atoms. The summed E-state index contributed by atoms with van der Waals surface area (Å²) in [6.45, 7) is 6.39. The summed E-state index contributed by atoms with van der Waals surface area (Å²) in [5.74, 6) is 0.250. The highest BCUT2D eigenvalue weighted by Gasteiger charge is 2.42. The standard InChI is InChI=1S/C21H24O3S/c1-14-15(2)19(24-20(22)17-10-6-4-7-11-17)21(23-16(14)3)25-18-12-8-5-9-13-18/h4-16,19,21H,1-3H3/t14-,15+,16?,19?,21+/m1/s1. The van der Waals surface area contributed by atoms with Crippen LogP contribution in [0, 0.1) is 11.8 Å². The first-order valence-electron chi connectivity index (χ1n) is 8.69. The summed E-state index contributed by atoms with van der Waals surface area (Å²) in [6.07, 6.45) is -0.160. The molecule has 1 fully saturated rings. The van der Waals surface area contributed by atoms with Gasteiger partial charge in [-0.3, -0.25) is 0 Å². The zero-order valence-electron chi connectivity index (χ0n) is 14.8. The average molecular weight is 356 g/mol. The maximum Gasteiger partial charge on any atom is 0.338 e. The lowest BCUT2D eigenvalue weighted by Gasteiger charge is -2.42. The fourth-order valence-corrected chi connectivity index (χ4v) is 4.30. The Morgan fingerprint density at radius 1 is 0.920 bits per heavy atom. The zero-order chi connectivity index (χ0) is 17.8. The van der Waals surface area contributed by atoms with E-state index < -0.39 is 0 Å². The van der Waals surface area contributed by atoms with Crippen LogP contribution in [0.15, 0.2) is 65.6 Å². The molecule has 0 amide bonds. The third-order valence-corrected chi connectivity index (χ3v) is 6.11. The normalized spacial score (nSPS) is 29.2. The number of ether oxygens (including phenoxy) is 2. The van der Waals surface area contributed by atoms with Crippen molar-refractivity contribution >= 4 is 17.7 Å². The second kappa shape index (κ2) is 8.07. The Morgan fingerprint density at radius 3 is 2.16 bits per heavy atom. The molecule has 3 nitrogen and oxygen atoms in total. The minimum absolute atomic E-state index is 0.128. The maximum absolute atomic E-state index is 12.6. The Bertz CT molecular complexity index is 689. The Kier molecular flexibility index (Phi) is 5.82. The number of hydrogen-bond acceptors (Lipinski definition) is 4. The summed E-state index contributed by atoms with van der Waals surface area (Å²) in [7, 11) is 0. The first-order chi connectivity index (χ1) is 12.1. The molecular formula is C21H24O3S. The molecule has 0 aromatic heterocycles. The molecule has 132 valence electrons. The van der Waals surface area contributed by atoms with Crippen molar-refractivity contribution in [2.75, 3.05) is 0 Å². The lowest BCUT2D eigenvalue weighted by atomic mass is 9.85. The Labute approximate surface area is 153 Å². The van der Waals surface area contributed by atoms with Gasteiger partial charge in [0.1, 0.15) is 11.5 Å². The van der Waals surface area contributed by atoms with Crippen LogP contribution in [0.1, 0.15) is 31.1 Å². The van der Waals surface area contributed by atoms with Gasteiger partial charge in [-0.25, -0.2) is 4.79 Å². The highest BCUT2D eigenvalue weighted by atomic mass is 32.2. The molecule has 25 heavy (non-hydrogen) atoms. The zero-order valence-corrected chi connectivity index (χ0v) is 15.6. The number of carbonyl (C=O) groups excluding carboxylic acids is 1. The lowest BCUT2D eigenvalue weighted by molar-refractivity contribution is -0.130. The van der Waals surface area contributed by atoms with Gasteiger partial charge in [0.2, 0.25) is 0 Å². The molecule has 0 N–H and O–H groups in total. The van der Waals surface area contributed by atoms with Crippen LogP contribution in [-0.4, -0.2) is 23.6 Å². The fraction of sp³-hybridized carbons (Fsp3) is 0.381. The van der Waals surface area contributed by atoms with E-state index in [1.54, 1.807) is 23.9 Å². The van der Waals surface area contributed by atoms with Crippen molar-refractivity contribution in [1.82, 2.24) is 0 Å². The number of hydrogen-bond donors (Lipinski definition) is 0. The summed E-state index contributed by atoms with van der Waals surface area (Å²) in [4.78, 5) is 13.7. The lowest BCUT2D eigenvalue weighted by Crippen LogP contribution is -2.48. The van der Waals surface area contributed by atoms with E-state index in [0.717, 1.165) is 4.90 Å². The second-order valence-electron chi connectivity index (χ2n) is 6.59. The Balaban J connectivity index is 1.79. The minimum atomic E-state index is -0.290. The molecule has 5 atom stereocenters. The third kappa shape index (κ3) is 4.25. The number of rotatable bonds is 4. The SMILES string of the molecule is CC1O[C@@H](Sc2ccccc2)C(OC(=O)c2ccccc2)[C@@H](C)[C@H]1C. The number of esters is 1. The average Bonchev–Trinajstić information content (AvgIpc) is 2.64. The molecule has 1 aliphatic rings. The number of carbonyl (C=O) groups is 1. The van der Waals surface area contributed by atoms with Crippen LogP contribution in [0.5, 0.6) is 0 Å². The van der Waals surface area contributed by atoms with Gasteiger partial charge in [-0.1, -0.05) is 62.0 Å². The maximum atomic E-state index is 12.6. The quantitative estimate of drug-likeness (QED) is 0.721. The summed E-state index contributed by atoms with van der Waals surface area (Å²) in [6, 6.07) is 19.2. The van der Waals surface area contributed by atoms with Gasteiger partial charge in [-0.15, -0.1) is 0 Å². The molecule has 1 saturated heterocycles. The van der Waals surface area contributed by atoms with Gasteiger partial charge < -0.3 is 9.47 Å². The highest BCUT2D eigenvalue weighted by molar-refractivity contribution is 7.99. The predicted molar refractivity (Wildman–Crippen MR) is 101 cm³/mol. The Morgan fingerprint density at radius 2 is 1.52 bits per heavy atom. The molecule has 2 unspecified atom stereocenters. The number of thioether (sulfide) groups is 1. The monoisotopic (exact) mass is 356 g/mol. The van der Waals surface area contributed by atoms with E-state index in [1.165, 1.54) is 0 Å². The van der Waals surface area contributed by atoms with Gasteiger partial charge >= 0.3 is 5.97 Å². The van der Waals surface area contributed by atoms with Crippen molar-refractivity contribution in [3.8, 4) is 0 Å². The largest absolute Gasteiger partial charge is 0.455 e. The van der Waals surface area contributed by atoms with Crippen LogP contribution in [0.4, 0.5) is 0 Å². The van der Waals surface area contributed by atoms with Crippen LogP contribution in [0.2, 0.25) is 0 Å². The van der Waals surface area contributed by atoms with Crippen molar-refractivity contribution in [2.45, 2.75) is 43.3 Å². The van der Waals surface area contributed by atoms with E-state index in [0.29, 0.717) is 11.5 Å². The molecule has 2 aromatic carbocycles. The molecule has 2 aromatic rings. The smallest absolute Gasteiger partial charge is 0.338 e. The van der Waals surface area contributed by atoms with E-state index in [1.807, 2.05) is 36.4 Å². The number of benzene rings is 2. The first kappa shape index (κ1) is 18.0. The summed E-state index contributed by atoms with van der Waals surface area (Å²) < 4.78 is 12.1. The molecular weight excluding hydrogens is 332 g/mol. The first-order valence-corrected chi connectivity index (χ1v) is 9.57. The van der Waals surface area contributed by atoms with Crippen LogP contribution >= 0.6 is 11.8 Å². The van der Waals surface area contributed by atoms with Gasteiger partial charge in [0.15, 0.2) is 0 Å². The summed E-state index contributed by atoms with van der Waals surface area (Å²) >= 11 is 1.62.